The molecule has 0 aromatic heterocycles. The predicted octanol–water partition coefficient (Wildman–Crippen LogP) is -0.887. The lowest BCUT2D eigenvalue weighted by Crippen LogP contribution is -2.43. The Morgan fingerprint density at radius 2 is 1.68 bits per heavy atom. The normalized spacial score (nSPS) is 19.0. The van der Waals surface area contributed by atoms with Crippen molar-refractivity contribution in [1.29, 1.82) is 0 Å². The van der Waals surface area contributed by atoms with Crippen LogP contribution < -0.4 is 0 Å². The summed E-state index contributed by atoms with van der Waals surface area (Å²) in [5.74, 6) is -1.49. The Bertz CT molecular complexity index is 340. The Balaban J connectivity index is 2.68. The van der Waals surface area contributed by atoms with Crippen LogP contribution >= 0.6 is 0 Å². The first-order chi connectivity index (χ1) is 8.97. The molecule has 108 valence electrons. The van der Waals surface area contributed by atoms with Gasteiger partial charge in [0.2, 0.25) is 5.91 Å². The molecule has 1 aliphatic heterocycles. The molecule has 1 atom stereocenters. The minimum Gasteiger partial charge on any atom is -0.468 e. The van der Waals surface area contributed by atoms with Crippen molar-refractivity contribution >= 4 is 17.8 Å². The van der Waals surface area contributed by atoms with E-state index < -0.39 is 11.9 Å². The Morgan fingerprint density at radius 3 is 2.05 bits per heavy atom. The van der Waals surface area contributed by atoms with E-state index in [2.05, 4.69) is 9.47 Å². The number of ether oxygens (including phenoxy) is 2. The first kappa shape index (κ1) is 15.4. The number of esters is 2. The van der Waals surface area contributed by atoms with Gasteiger partial charge in [0.05, 0.1) is 20.1 Å². The van der Waals surface area contributed by atoms with Crippen LogP contribution in [-0.2, 0) is 23.9 Å². The van der Waals surface area contributed by atoms with Gasteiger partial charge in [0.1, 0.15) is 13.1 Å². The third-order valence-electron chi connectivity index (χ3n) is 3.15. The summed E-state index contributed by atoms with van der Waals surface area (Å²) < 4.78 is 9.07. The summed E-state index contributed by atoms with van der Waals surface area (Å²) in [4.78, 5) is 38.1. The Hall–Kier alpha value is -1.63. The van der Waals surface area contributed by atoms with Crippen molar-refractivity contribution in [3.63, 3.8) is 0 Å². The minimum atomic E-state index is -0.552. The van der Waals surface area contributed by atoms with E-state index in [1.165, 1.54) is 19.1 Å². The highest BCUT2D eigenvalue weighted by Crippen LogP contribution is 2.17. The van der Waals surface area contributed by atoms with Crippen LogP contribution in [0.25, 0.3) is 0 Å². The van der Waals surface area contributed by atoms with Gasteiger partial charge in [-0.3, -0.25) is 14.4 Å². The standard InChI is InChI=1S/C12H20N2O5/c1-13-5-4-9(6-13)12(17)14(7-10(15)18-2)8-11(16)19-3/h9H,4-8H2,1-3H3. The van der Waals surface area contributed by atoms with Crippen LogP contribution in [0, 0.1) is 5.92 Å². The number of rotatable bonds is 5. The summed E-state index contributed by atoms with van der Waals surface area (Å²) >= 11 is 0. The number of nitrogens with zero attached hydrogens (tertiary/aromatic N) is 2. The largest absolute Gasteiger partial charge is 0.468 e. The highest BCUT2D eigenvalue weighted by molar-refractivity contribution is 5.87. The van der Waals surface area contributed by atoms with Crippen LogP contribution in [0.2, 0.25) is 0 Å². The van der Waals surface area contributed by atoms with Gasteiger partial charge in [-0.1, -0.05) is 0 Å². The molecule has 1 amide bonds. The topological polar surface area (TPSA) is 76.1 Å². The van der Waals surface area contributed by atoms with Gasteiger partial charge >= 0.3 is 11.9 Å². The molecule has 1 unspecified atom stereocenters. The van der Waals surface area contributed by atoms with Gasteiger partial charge in [-0.15, -0.1) is 0 Å². The molecule has 0 spiro atoms. The maximum absolute atomic E-state index is 12.3. The summed E-state index contributed by atoms with van der Waals surface area (Å²) in [5.41, 5.74) is 0. The molecule has 0 aromatic carbocycles. The van der Waals surface area contributed by atoms with Crippen LogP contribution in [-0.4, -0.2) is 75.1 Å². The molecular formula is C12H20N2O5. The zero-order valence-corrected chi connectivity index (χ0v) is 11.5. The van der Waals surface area contributed by atoms with Gasteiger partial charge in [-0.05, 0) is 20.0 Å². The van der Waals surface area contributed by atoms with Crippen LogP contribution in [0.5, 0.6) is 0 Å². The second-order valence-electron chi connectivity index (χ2n) is 4.59. The van der Waals surface area contributed by atoms with Crippen LogP contribution in [0.15, 0.2) is 0 Å². The molecular weight excluding hydrogens is 252 g/mol. The van der Waals surface area contributed by atoms with E-state index in [4.69, 9.17) is 0 Å². The number of carbonyl (C=O) groups is 3. The van der Waals surface area contributed by atoms with Gasteiger partial charge in [0.25, 0.3) is 0 Å². The van der Waals surface area contributed by atoms with Crippen molar-refractivity contribution in [2.45, 2.75) is 6.42 Å². The fraction of sp³-hybridized carbons (Fsp3) is 0.750. The predicted molar refractivity (Wildman–Crippen MR) is 66.2 cm³/mol. The molecule has 7 heteroatoms. The smallest absolute Gasteiger partial charge is 0.325 e. The van der Waals surface area contributed by atoms with Crippen LogP contribution in [0.4, 0.5) is 0 Å². The lowest BCUT2D eigenvalue weighted by molar-refractivity contribution is -0.153. The third kappa shape index (κ3) is 4.51. The number of methoxy groups -OCH3 is 2. The quantitative estimate of drug-likeness (QED) is 0.605. The Morgan fingerprint density at radius 1 is 1.16 bits per heavy atom. The molecule has 1 heterocycles. The van der Waals surface area contributed by atoms with Gasteiger partial charge in [0.15, 0.2) is 0 Å². The van der Waals surface area contributed by atoms with Crippen molar-refractivity contribution in [3.05, 3.63) is 0 Å². The molecule has 0 saturated carbocycles. The molecule has 0 N–H and O–H groups in total. The van der Waals surface area contributed by atoms with E-state index >= 15 is 0 Å². The van der Waals surface area contributed by atoms with Gasteiger partial charge in [-0.2, -0.15) is 0 Å². The summed E-state index contributed by atoms with van der Waals surface area (Å²) in [6.45, 7) is 1.01. The molecule has 1 saturated heterocycles. The molecule has 19 heavy (non-hydrogen) atoms. The lowest BCUT2D eigenvalue weighted by atomic mass is 10.1. The maximum atomic E-state index is 12.3. The second kappa shape index (κ2) is 7.08. The average molecular weight is 272 g/mol. The molecule has 0 radical (unpaired) electrons. The lowest BCUT2D eigenvalue weighted by Gasteiger charge is -2.23. The van der Waals surface area contributed by atoms with E-state index in [1.807, 2.05) is 11.9 Å². The number of amides is 1. The zero-order valence-electron chi connectivity index (χ0n) is 11.5. The maximum Gasteiger partial charge on any atom is 0.325 e. The molecule has 7 nitrogen and oxygen atoms in total. The molecule has 1 rings (SSSR count). The molecule has 0 aliphatic carbocycles. The minimum absolute atomic E-state index is 0.181. The van der Waals surface area contributed by atoms with Crippen molar-refractivity contribution < 1.29 is 23.9 Å². The monoisotopic (exact) mass is 272 g/mol. The number of carbonyl (C=O) groups excluding carboxylic acids is 3. The molecule has 1 fully saturated rings. The van der Waals surface area contributed by atoms with E-state index in [0.29, 0.717) is 6.54 Å². The molecule has 0 bridgehead atoms. The van der Waals surface area contributed by atoms with Crippen molar-refractivity contribution in [3.8, 4) is 0 Å². The third-order valence-corrected chi connectivity index (χ3v) is 3.15. The van der Waals surface area contributed by atoms with Gasteiger partial charge < -0.3 is 19.3 Å². The van der Waals surface area contributed by atoms with Crippen LogP contribution in [0.3, 0.4) is 0 Å². The van der Waals surface area contributed by atoms with Gasteiger partial charge in [-0.25, -0.2) is 0 Å². The fourth-order valence-corrected chi connectivity index (χ4v) is 2.05. The zero-order chi connectivity index (χ0) is 14.4. The summed E-state index contributed by atoms with van der Waals surface area (Å²) in [5, 5.41) is 0. The fourth-order valence-electron chi connectivity index (χ4n) is 2.05. The van der Waals surface area contributed by atoms with Crippen LogP contribution in [0.1, 0.15) is 6.42 Å². The van der Waals surface area contributed by atoms with E-state index in [9.17, 15) is 14.4 Å². The second-order valence-corrected chi connectivity index (χ2v) is 4.59. The average Bonchev–Trinajstić information content (AvgIpc) is 2.83. The summed E-state index contributed by atoms with van der Waals surface area (Å²) in [7, 11) is 4.41. The summed E-state index contributed by atoms with van der Waals surface area (Å²) in [6, 6.07) is 0. The highest BCUT2D eigenvalue weighted by Gasteiger charge is 2.31. The van der Waals surface area contributed by atoms with E-state index in [0.717, 1.165) is 13.0 Å². The molecule has 1 aliphatic rings. The molecule has 0 aromatic rings. The van der Waals surface area contributed by atoms with Crippen molar-refractivity contribution in [1.82, 2.24) is 9.80 Å². The van der Waals surface area contributed by atoms with Crippen molar-refractivity contribution in [2.75, 3.05) is 47.4 Å². The first-order valence-electron chi connectivity index (χ1n) is 6.09. The SMILES string of the molecule is COC(=O)CN(CC(=O)OC)C(=O)C1CCN(C)C1. The number of hydrogen-bond acceptors (Lipinski definition) is 6. The number of likely N-dealkylation sites (tertiary alicyclic amines) is 1. The Labute approximate surface area is 112 Å². The van der Waals surface area contributed by atoms with Gasteiger partial charge in [0, 0.05) is 6.54 Å². The first-order valence-corrected chi connectivity index (χ1v) is 6.09. The van der Waals surface area contributed by atoms with E-state index in [-0.39, 0.29) is 24.9 Å². The summed E-state index contributed by atoms with van der Waals surface area (Å²) in [6.07, 6.45) is 0.730. The van der Waals surface area contributed by atoms with Crippen molar-refractivity contribution in [2.24, 2.45) is 5.92 Å². The highest BCUT2D eigenvalue weighted by atomic mass is 16.5. The van der Waals surface area contributed by atoms with E-state index in [1.54, 1.807) is 0 Å². The number of hydrogen-bond donors (Lipinski definition) is 0. The Kier molecular flexibility index (Phi) is 5.75.